The third-order valence-electron chi connectivity index (χ3n) is 5.35. The van der Waals surface area contributed by atoms with Gasteiger partial charge in [0.05, 0.1) is 11.4 Å². The molecule has 0 aliphatic carbocycles. The third-order valence-corrected chi connectivity index (χ3v) is 5.35. The second-order valence-electron chi connectivity index (χ2n) is 7.39. The Morgan fingerprint density at radius 2 is 0.909 bits per heavy atom. The van der Waals surface area contributed by atoms with Crippen LogP contribution >= 0.6 is 0 Å². The molecule has 2 rings (SSSR count). The lowest BCUT2D eigenvalue weighted by Crippen LogP contribution is -2.42. The van der Waals surface area contributed by atoms with Crippen molar-refractivity contribution in [2.45, 2.75) is 104 Å². The van der Waals surface area contributed by atoms with Crippen molar-refractivity contribution in [3.8, 4) is 0 Å². The second kappa shape index (κ2) is 7.47. The number of hydrogen-bond acceptors (Lipinski definition) is 4. The van der Waals surface area contributed by atoms with Gasteiger partial charge in [0.1, 0.15) is 0 Å². The molecule has 2 aliphatic rings. The highest BCUT2D eigenvalue weighted by Gasteiger charge is 2.25. The van der Waals surface area contributed by atoms with Gasteiger partial charge < -0.3 is 0 Å². The Morgan fingerprint density at radius 1 is 0.636 bits per heavy atom. The number of hydrogen-bond donors (Lipinski definition) is 0. The van der Waals surface area contributed by atoms with Crippen LogP contribution in [0, 0.1) is 0 Å². The Hall–Kier alpha value is -1.06. The first-order valence-corrected chi connectivity index (χ1v) is 9.07. The Labute approximate surface area is 136 Å². The van der Waals surface area contributed by atoms with E-state index in [4.69, 9.17) is 10.2 Å². The molecular formula is C18H34N4. The molecule has 0 radical (unpaired) electrons. The molecule has 0 aromatic rings. The number of rotatable bonds is 3. The zero-order valence-corrected chi connectivity index (χ0v) is 15.3. The summed E-state index contributed by atoms with van der Waals surface area (Å²) in [5.74, 6) is 0. The molecule has 4 atom stereocenters. The van der Waals surface area contributed by atoms with Gasteiger partial charge in [0.15, 0.2) is 0 Å². The van der Waals surface area contributed by atoms with Gasteiger partial charge in [-0.25, -0.2) is 0 Å². The molecule has 22 heavy (non-hydrogen) atoms. The van der Waals surface area contributed by atoms with Crippen LogP contribution in [0.25, 0.3) is 0 Å². The molecule has 0 bridgehead atoms. The molecule has 2 saturated heterocycles. The average molecular weight is 306 g/mol. The van der Waals surface area contributed by atoms with Crippen LogP contribution in [0.1, 0.15) is 80.1 Å². The Morgan fingerprint density at radius 3 is 1.18 bits per heavy atom. The molecule has 0 amide bonds. The molecule has 0 saturated carbocycles. The number of nitrogens with zero attached hydrogens (tertiary/aromatic N) is 4. The lowest BCUT2D eigenvalue weighted by molar-refractivity contribution is 0.107. The minimum atomic E-state index is 0.541. The van der Waals surface area contributed by atoms with E-state index in [2.05, 4.69) is 51.6 Å². The zero-order valence-electron chi connectivity index (χ0n) is 15.3. The van der Waals surface area contributed by atoms with Crippen molar-refractivity contribution in [1.29, 1.82) is 0 Å². The van der Waals surface area contributed by atoms with Crippen LogP contribution in [0.4, 0.5) is 0 Å². The summed E-state index contributed by atoms with van der Waals surface area (Å²) in [6.07, 6.45) is 7.64. The van der Waals surface area contributed by atoms with E-state index in [9.17, 15) is 0 Å². The molecule has 0 N–H and O–H groups in total. The molecule has 2 heterocycles. The molecule has 0 aromatic carbocycles. The van der Waals surface area contributed by atoms with Gasteiger partial charge >= 0.3 is 0 Å². The van der Waals surface area contributed by atoms with Gasteiger partial charge in [0, 0.05) is 24.2 Å². The van der Waals surface area contributed by atoms with E-state index in [0.29, 0.717) is 24.2 Å². The summed E-state index contributed by atoms with van der Waals surface area (Å²) < 4.78 is 0. The summed E-state index contributed by atoms with van der Waals surface area (Å²) in [5, 5.41) is 14.4. The molecule has 4 unspecified atom stereocenters. The molecule has 0 aromatic heterocycles. The van der Waals surface area contributed by atoms with Crippen molar-refractivity contribution in [3.63, 3.8) is 0 Å². The summed E-state index contributed by atoms with van der Waals surface area (Å²) in [6.45, 7) is 13.3. The second-order valence-corrected chi connectivity index (χ2v) is 7.39. The summed E-state index contributed by atoms with van der Waals surface area (Å²) in [4.78, 5) is 0. The van der Waals surface area contributed by atoms with Gasteiger partial charge in [-0.05, 0) is 80.1 Å². The Kier molecular flexibility index (Phi) is 5.87. The predicted molar refractivity (Wildman–Crippen MR) is 95.4 cm³/mol. The van der Waals surface area contributed by atoms with E-state index in [1.807, 2.05) is 0 Å². The standard InChI is InChI=1S/C18H34N4/c1-13-9-7-10-14(2)21(13)19-17(5)18(6)20-22-15(3)11-8-12-16(22)4/h13-16H,7-12H2,1-6H3/b19-17-,20-18-. The van der Waals surface area contributed by atoms with Crippen LogP contribution in [0.3, 0.4) is 0 Å². The summed E-state index contributed by atoms with van der Waals surface area (Å²) in [7, 11) is 0. The van der Waals surface area contributed by atoms with Gasteiger partial charge in [0.2, 0.25) is 0 Å². The van der Waals surface area contributed by atoms with Gasteiger partial charge in [-0.3, -0.25) is 10.0 Å². The fraction of sp³-hybridized carbons (Fsp3) is 0.889. The van der Waals surface area contributed by atoms with Crippen molar-refractivity contribution in [2.75, 3.05) is 0 Å². The van der Waals surface area contributed by atoms with E-state index in [1.54, 1.807) is 0 Å². The zero-order chi connectivity index (χ0) is 16.3. The third kappa shape index (κ3) is 4.02. The molecule has 2 aliphatic heterocycles. The van der Waals surface area contributed by atoms with Crippen molar-refractivity contribution >= 4 is 11.4 Å². The van der Waals surface area contributed by atoms with Gasteiger partial charge in [0.25, 0.3) is 0 Å². The van der Waals surface area contributed by atoms with Crippen LogP contribution in [-0.4, -0.2) is 45.6 Å². The lowest BCUT2D eigenvalue weighted by atomic mass is 10.00. The number of hydrazone groups is 2. The first-order chi connectivity index (χ1) is 10.4. The SMILES string of the molecule is CC(=N/N1C(C)CCCC1C)/C(C)=N\N1C(C)CCCC1C. The highest BCUT2D eigenvalue weighted by Crippen LogP contribution is 2.24. The first kappa shape index (κ1) is 17.3. The highest BCUT2D eigenvalue weighted by molar-refractivity contribution is 6.40. The normalized spacial score (nSPS) is 35.0. The van der Waals surface area contributed by atoms with E-state index in [1.165, 1.54) is 38.5 Å². The highest BCUT2D eigenvalue weighted by atomic mass is 15.5. The number of piperidine rings is 2. The topological polar surface area (TPSA) is 31.2 Å². The van der Waals surface area contributed by atoms with Crippen LogP contribution in [0.2, 0.25) is 0 Å². The van der Waals surface area contributed by atoms with Crippen LogP contribution in [-0.2, 0) is 0 Å². The maximum Gasteiger partial charge on any atom is 0.0804 e. The van der Waals surface area contributed by atoms with E-state index >= 15 is 0 Å². The quantitative estimate of drug-likeness (QED) is 0.729. The fourth-order valence-corrected chi connectivity index (χ4v) is 3.70. The molecule has 126 valence electrons. The van der Waals surface area contributed by atoms with E-state index < -0.39 is 0 Å². The fourth-order valence-electron chi connectivity index (χ4n) is 3.70. The minimum absolute atomic E-state index is 0.541. The smallest absolute Gasteiger partial charge is 0.0804 e. The maximum atomic E-state index is 4.91. The van der Waals surface area contributed by atoms with Crippen LogP contribution in [0.15, 0.2) is 10.2 Å². The Bertz CT molecular complexity index is 369. The predicted octanol–water partition coefficient (Wildman–Crippen LogP) is 4.26. The van der Waals surface area contributed by atoms with E-state index in [0.717, 1.165) is 11.4 Å². The summed E-state index contributed by atoms with van der Waals surface area (Å²) >= 11 is 0. The van der Waals surface area contributed by atoms with Crippen molar-refractivity contribution in [2.24, 2.45) is 10.2 Å². The van der Waals surface area contributed by atoms with Gasteiger partial charge in [-0.1, -0.05) is 0 Å². The van der Waals surface area contributed by atoms with Gasteiger partial charge in [-0.15, -0.1) is 0 Å². The van der Waals surface area contributed by atoms with Crippen LogP contribution < -0.4 is 0 Å². The molecule has 4 nitrogen and oxygen atoms in total. The van der Waals surface area contributed by atoms with Crippen molar-refractivity contribution < 1.29 is 0 Å². The average Bonchev–Trinajstić information content (AvgIpc) is 2.46. The molecule has 4 heteroatoms. The largest absolute Gasteiger partial charge is 0.291 e. The van der Waals surface area contributed by atoms with E-state index in [-0.39, 0.29) is 0 Å². The van der Waals surface area contributed by atoms with Gasteiger partial charge in [-0.2, -0.15) is 10.2 Å². The summed E-state index contributed by atoms with van der Waals surface area (Å²) in [6, 6.07) is 2.16. The van der Waals surface area contributed by atoms with Crippen LogP contribution in [0.5, 0.6) is 0 Å². The molecule has 0 spiro atoms. The molecule has 2 fully saturated rings. The maximum absolute atomic E-state index is 4.91. The monoisotopic (exact) mass is 306 g/mol. The summed E-state index contributed by atoms with van der Waals surface area (Å²) in [5.41, 5.74) is 2.12. The first-order valence-electron chi connectivity index (χ1n) is 9.07. The lowest BCUT2D eigenvalue weighted by Gasteiger charge is -2.38. The minimum Gasteiger partial charge on any atom is -0.291 e. The Balaban J connectivity index is 2.11. The molecular weight excluding hydrogens is 272 g/mol. The van der Waals surface area contributed by atoms with Crippen molar-refractivity contribution in [1.82, 2.24) is 10.0 Å². The van der Waals surface area contributed by atoms with Crippen molar-refractivity contribution in [3.05, 3.63) is 0 Å².